The van der Waals surface area contributed by atoms with Crippen molar-refractivity contribution in [2.75, 3.05) is 39.6 Å². The molecule has 1 fully saturated rings. The van der Waals surface area contributed by atoms with Crippen molar-refractivity contribution in [1.29, 1.82) is 0 Å². The molecule has 1 atom stereocenters. The highest BCUT2D eigenvalue weighted by Gasteiger charge is 2.56. The zero-order valence-electron chi connectivity index (χ0n) is 18.7. The van der Waals surface area contributed by atoms with E-state index in [2.05, 4.69) is 4.98 Å². The summed E-state index contributed by atoms with van der Waals surface area (Å²) in [5.41, 5.74) is 2.41. The molecule has 1 saturated heterocycles. The first-order valence-electron chi connectivity index (χ1n) is 10.6. The molecule has 0 radical (unpaired) electrons. The van der Waals surface area contributed by atoms with E-state index in [-0.39, 0.29) is 19.1 Å². The van der Waals surface area contributed by atoms with E-state index in [0.29, 0.717) is 24.5 Å². The number of amides is 1. The first-order valence-corrected chi connectivity index (χ1v) is 12.5. The third-order valence-corrected chi connectivity index (χ3v) is 8.10. The Morgan fingerprint density at radius 1 is 1.24 bits per heavy atom. The van der Waals surface area contributed by atoms with E-state index < -0.39 is 21.5 Å². The molecule has 1 amide bonds. The summed E-state index contributed by atoms with van der Waals surface area (Å²) in [7, 11) is -0.144. The molecular formula is C23H26N4O5S. The van der Waals surface area contributed by atoms with Gasteiger partial charge in [-0.25, -0.2) is 8.42 Å². The number of rotatable bonds is 4. The molecule has 10 heteroatoms. The first-order chi connectivity index (χ1) is 15.7. The minimum atomic E-state index is -3.61. The highest BCUT2D eigenvalue weighted by atomic mass is 32.2. The van der Waals surface area contributed by atoms with Crippen LogP contribution in [0.4, 0.5) is 0 Å². The number of aliphatic hydroxyl groups is 1. The van der Waals surface area contributed by atoms with Gasteiger partial charge in [-0.1, -0.05) is 6.07 Å². The molecule has 2 aromatic heterocycles. The highest BCUT2D eigenvalue weighted by Crippen LogP contribution is 2.50. The molecule has 1 N–H and O–H groups in total. The Balaban J connectivity index is 1.66. The predicted octanol–water partition coefficient (Wildman–Crippen LogP) is 1.28. The van der Waals surface area contributed by atoms with E-state index in [1.807, 2.05) is 29.8 Å². The van der Waals surface area contributed by atoms with Crippen LogP contribution in [0.3, 0.4) is 0 Å². The van der Waals surface area contributed by atoms with Crippen LogP contribution in [0.1, 0.15) is 27.8 Å². The molecular weight excluding hydrogens is 444 g/mol. The van der Waals surface area contributed by atoms with Crippen LogP contribution < -0.4 is 4.74 Å². The number of benzene rings is 1. The number of hydrogen-bond donors (Lipinski definition) is 1. The maximum absolute atomic E-state index is 13.0. The molecule has 1 aromatic carbocycles. The minimum Gasteiger partial charge on any atom is -0.497 e. The third kappa shape index (κ3) is 3.24. The van der Waals surface area contributed by atoms with Gasteiger partial charge in [-0.3, -0.25) is 9.78 Å². The Morgan fingerprint density at radius 3 is 2.61 bits per heavy atom. The van der Waals surface area contributed by atoms with E-state index >= 15 is 0 Å². The first kappa shape index (κ1) is 21.9. The number of likely N-dealkylation sites (tertiary alicyclic amines) is 1. The summed E-state index contributed by atoms with van der Waals surface area (Å²) in [6, 6.07) is 10.3. The van der Waals surface area contributed by atoms with Gasteiger partial charge in [0, 0.05) is 55.4 Å². The molecule has 0 saturated carbocycles. The van der Waals surface area contributed by atoms with Gasteiger partial charge in [0.15, 0.2) is 0 Å². The van der Waals surface area contributed by atoms with E-state index in [0.717, 1.165) is 28.4 Å². The fraction of sp³-hybridized carbons (Fsp3) is 0.391. The van der Waals surface area contributed by atoms with E-state index in [4.69, 9.17) is 4.74 Å². The molecule has 0 unspecified atom stereocenters. The summed E-state index contributed by atoms with van der Waals surface area (Å²) in [5.74, 6) is 0.510. The van der Waals surface area contributed by atoms with Gasteiger partial charge in [0.2, 0.25) is 10.0 Å². The molecule has 9 nitrogen and oxygen atoms in total. The zero-order valence-corrected chi connectivity index (χ0v) is 19.5. The number of nitrogens with zero attached hydrogens (tertiary/aromatic N) is 4. The van der Waals surface area contributed by atoms with Crippen molar-refractivity contribution in [3.8, 4) is 5.75 Å². The highest BCUT2D eigenvalue weighted by molar-refractivity contribution is 7.88. The quantitative estimate of drug-likeness (QED) is 0.616. The van der Waals surface area contributed by atoms with E-state index in [1.54, 1.807) is 36.4 Å². The molecule has 174 valence electrons. The van der Waals surface area contributed by atoms with Crippen molar-refractivity contribution in [2.24, 2.45) is 7.05 Å². The summed E-state index contributed by atoms with van der Waals surface area (Å²) in [5, 5.41) is 11.2. The van der Waals surface area contributed by atoms with Gasteiger partial charge in [0.05, 0.1) is 31.5 Å². The summed E-state index contributed by atoms with van der Waals surface area (Å²) >= 11 is 0. The van der Waals surface area contributed by atoms with Crippen LogP contribution in [0.2, 0.25) is 0 Å². The number of aliphatic hydroxyl groups excluding tert-OH is 1. The third-order valence-electron chi connectivity index (χ3n) is 6.86. The molecule has 1 spiro atoms. The summed E-state index contributed by atoms with van der Waals surface area (Å²) in [6.45, 7) is 0.588. The van der Waals surface area contributed by atoms with Crippen molar-refractivity contribution < 1.29 is 23.1 Å². The number of pyridine rings is 1. The van der Waals surface area contributed by atoms with Crippen molar-refractivity contribution >= 4 is 26.8 Å². The van der Waals surface area contributed by atoms with Gasteiger partial charge in [-0.15, -0.1) is 0 Å². The van der Waals surface area contributed by atoms with Gasteiger partial charge < -0.3 is 19.3 Å². The van der Waals surface area contributed by atoms with Crippen LogP contribution in [0.15, 0.2) is 42.6 Å². The number of sulfonamides is 1. The second kappa shape index (κ2) is 7.54. The molecule has 5 rings (SSSR count). The lowest BCUT2D eigenvalue weighted by atomic mass is 9.69. The average molecular weight is 471 g/mol. The van der Waals surface area contributed by atoms with E-state index in [1.165, 1.54) is 4.31 Å². The molecule has 4 heterocycles. The normalized spacial score (nSPS) is 20.0. The fourth-order valence-electron chi connectivity index (χ4n) is 5.40. The molecule has 0 bridgehead atoms. The number of hydrogen-bond acceptors (Lipinski definition) is 6. The van der Waals surface area contributed by atoms with Crippen molar-refractivity contribution in [3.63, 3.8) is 0 Å². The van der Waals surface area contributed by atoms with Crippen molar-refractivity contribution in [1.82, 2.24) is 18.8 Å². The Morgan fingerprint density at radius 2 is 2.00 bits per heavy atom. The number of fused-ring (bicyclic) bond motifs is 4. The van der Waals surface area contributed by atoms with Gasteiger partial charge in [0.1, 0.15) is 11.4 Å². The maximum atomic E-state index is 13.0. The molecule has 0 aliphatic carbocycles. The average Bonchev–Trinajstić information content (AvgIpc) is 3.08. The molecule has 3 aromatic rings. The lowest BCUT2D eigenvalue weighted by Gasteiger charge is -2.55. The van der Waals surface area contributed by atoms with Crippen molar-refractivity contribution in [2.45, 2.75) is 11.5 Å². The van der Waals surface area contributed by atoms with Crippen LogP contribution in [0, 0.1) is 0 Å². The number of aryl methyl sites for hydroxylation is 1. The summed E-state index contributed by atoms with van der Waals surface area (Å²) in [4.78, 5) is 18.9. The van der Waals surface area contributed by atoms with Gasteiger partial charge in [-0.2, -0.15) is 4.31 Å². The standard InChI is InChI=1S/C23H26N4O5S/c1-25-18-10-15(32-2)7-8-16(18)20-21(25)19(11-28)27(33(3,30)31)14-23(20)12-26(13-23)22(29)17-6-4-5-9-24-17/h4-10,19,28H,11-14H2,1-3H3/t19-/m1/s1. The van der Waals surface area contributed by atoms with Crippen LogP contribution >= 0.6 is 0 Å². The minimum absolute atomic E-state index is 0.181. The monoisotopic (exact) mass is 470 g/mol. The number of carbonyl (C=O) groups excluding carboxylic acids is 1. The lowest BCUT2D eigenvalue weighted by Crippen LogP contribution is -2.68. The van der Waals surface area contributed by atoms with Gasteiger partial charge >= 0.3 is 0 Å². The van der Waals surface area contributed by atoms with Gasteiger partial charge in [0.25, 0.3) is 5.91 Å². The Hall–Kier alpha value is -2.95. The molecule has 2 aliphatic heterocycles. The summed E-state index contributed by atoms with van der Waals surface area (Å²) < 4.78 is 34.2. The molecule has 2 aliphatic rings. The van der Waals surface area contributed by atoms with Crippen LogP contribution in [-0.4, -0.2) is 77.8 Å². The smallest absolute Gasteiger partial charge is 0.272 e. The number of methoxy groups -OCH3 is 1. The second-order valence-electron chi connectivity index (χ2n) is 8.87. The number of carbonyl (C=O) groups is 1. The largest absolute Gasteiger partial charge is 0.497 e. The van der Waals surface area contributed by atoms with Gasteiger partial charge in [-0.05, 0) is 29.8 Å². The van der Waals surface area contributed by atoms with Crippen LogP contribution in [0.5, 0.6) is 5.75 Å². The SMILES string of the molecule is COc1ccc2c3c(n(C)c2c1)[C@@H](CO)N(S(C)(=O)=O)CC31CN(C(=O)c2ccccn2)C1. The van der Waals surface area contributed by atoms with Crippen molar-refractivity contribution in [3.05, 3.63) is 59.5 Å². The van der Waals surface area contributed by atoms with E-state index in [9.17, 15) is 18.3 Å². The predicted molar refractivity (Wildman–Crippen MR) is 123 cm³/mol. The molecule has 33 heavy (non-hydrogen) atoms. The number of aromatic nitrogens is 2. The Bertz CT molecular complexity index is 1350. The number of ether oxygens (including phenoxy) is 1. The maximum Gasteiger partial charge on any atom is 0.272 e. The fourth-order valence-corrected chi connectivity index (χ4v) is 6.51. The Kier molecular flexibility index (Phi) is 5.00. The van der Waals surface area contributed by atoms with Crippen LogP contribution in [-0.2, 0) is 22.5 Å². The second-order valence-corrected chi connectivity index (χ2v) is 10.8. The summed E-state index contributed by atoms with van der Waals surface area (Å²) in [6.07, 6.45) is 2.74. The Labute approximate surface area is 192 Å². The topological polar surface area (TPSA) is 105 Å². The lowest BCUT2D eigenvalue weighted by molar-refractivity contribution is 0.0204. The zero-order chi connectivity index (χ0) is 23.5. The van der Waals surface area contributed by atoms with Crippen LogP contribution in [0.25, 0.3) is 10.9 Å².